The monoisotopic (exact) mass is 210 g/mol. The van der Waals surface area contributed by atoms with Crippen LogP contribution in [0.15, 0.2) is 12.4 Å². The molecule has 1 aromatic heterocycles. The summed E-state index contributed by atoms with van der Waals surface area (Å²) in [5.41, 5.74) is -1.19. The molecule has 1 rings (SSSR count). The number of aliphatic hydroxyl groups is 1. The van der Waals surface area contributed by atoms with Gasteiger partial charge in [0.2, 0.25) is 0 Å². The predicted molar refractivity (Wildman–Crippen MR) is 57.5 cm³/mol. The largest absolute Gasteiger partial charge is 0.382 e. The van der Waals surface area contributed by atoms with E-state index in [4.69, 9.17) is 0 Å². The van der Waals surface area contributed by atoms with Crippen LogP contribution in [-0.2, 0) is 18.3 Å². The van der Waals surface area contributed by atoms with E-state index in [2.05, 4.69) is 4.98 Å². The van der Waals surface area contributed by atoms with Crippen molar-refractivity contribution in [2.45, 2.75) is 38.7 Å². The Morgan fingerprint density at radius 2 is 2.33 bits per heavy atom. The second-order valence-electron chi connectivity index (χ2n) is 4.00. The van der Waals surface area contributed by atoms with Crippen molar-refractivity contribution in [2.24, 2.45) is 7.05 Å². The van der Waals surface area contributed by atoms with Crippen LogP contribution in [-0.4, -0.2) is 26.0 Å². The molecule has 0 amide bonds. The lowest BCUT2D eigenvalue weighted by Crippen LogP contribution is -2.34. The van der Waals surface area contributed by atoms with Crippen LogP contribution >= 0.6 is 0 Å². The van der Waals surface area contributed by atoms with E-state index in [1.807, 2.05) is 17.8 Å². The average Bonchev–Trinajstić information content (AvgIpc) is 2.60. The van der Waals surface area contributed by atoms with Crippen LogP contribution in [0.2, 0.25) is 0 Å². The van der Waals surface area contributed by atoms with E-state index < -0.39 is 5.60 Å². The molecule has 0 saturated carbocycles. The molecule has 0 spiro atoms. The highest BCUT2D eigenvalue weighted by atomic mass is 16.3. The van der Waals surface area contributed by atoms with E-state index in [1.54, 1.807) is 20.0 Å². The van der Waals surface area contributed by atoms with E-state index in [0.29, 0.717) is 19.3 Å². The van der Waals surface area contributed by atoms with Crippen molar-refractivity contribution in [3.05, 3.63) is 18.2 Å². The van der Waals surface area contributed by atoms with Crippen molar-refractivity contribution in [3.63, 3.8) is 0 Å². The molecule has 1 N–H and O–H groups in total. The first-order valence-electron chi connectivity index (χ1n) is 5.19. The maximum absolute atomic E-state index is 11.6. The summed E-state index contributed by atoms with van der Waals surface area (Å²) in [7, 11) is 1.89. The highest BCUT2D eigenvalue weighted by molar-refractivity contribution is 5.86. The van der Waals surface area contributed by atoms with Gasteiger partial charge >= 0.3 is 0 Å². The molecule has 4 heteroatoms. The number of rotatable bonds is 5. The summed E-state index contributed by atoms with van der Waals surface area (Å²) < 4.78 is 1.88. The van der Waals surface area contributed by atoms with Crippen LogP contribution in [0.5, 0.6) is 0 Å². The third-order valence-electron chi connectivity index (χ3n) is 2.79. The molecule has 84 valence electrons. The van der Waals surface area contributed by atoms with Crippen molar-refractivity contribution in [1.82, 2.24) is 9.55 Å². The normalized spacial score (nSPS) is 14.9. The van der Waals surface area contributed by atoms with Gasteiger partial charge in [-0.1, -0.05) is 6.92 Å². The molecular weight excluding hydrogens is 192 g/mol. The molecule has 0 saturated heterocycles. The summed E-state index contributed by atoms with van der Waals surface area (Å²) >= 11 is 0. The molecule has 0 fully saturated rings. The fraction of sp³-hybridized carbons (Fsp3) is 0.636. The van der Waals surface area contributed by atoms with Gasteiger partial charge in [-0.15, -0.1) is 0 Å². The first kappa shape index (κ1) is 11.9. The van der Waals surface area contributed by atoms with Gasteiger partial charge in [-0.2, -0.15) is 0 Å². The van der Waals surface area contributed by atoms with E-state index in [-0.39, 0.29) is 5.78 Å². The molecule has 15 heavy (non-hydrogen) atoms. The summed E-state index contributed by atoms with van der Waals surface area (Å²) in [6, 6.07) is 0. The van der Waals surface area contributed by atoms with Gasteiger partial charge in [0.15, 0.2) is 5.78 Å². The molecule has 0 aliphatic rings. The molecule has 4 nitrogen and oxygen atoms in total. The molecule has 0 aliphatic carbocycles. The van der Waals surface area contributed by atoms with Crippen molar-refractivity contribution in [1.29, 1.82) is 0 Å². The molecular formula is C11H18N2O2. The zero-order valence-electron chi connectivity index (χ0n) is 9.53. The van der Waals surface area contributed by atoms with Crippen molar-refractivity contribution < 1.29 is 9.90 Å². The van der Waals surface area contributed by atoms with E-state index in [0.717, 1.165) is 5.82 Å². The summed E-state index contributed by atoms with van der Waals surface area (Å²) in [5, 5.41) is 9.71. The lowest BCUT2D eigenvalue weighted by molar-refractivity contribution is -0.135. The Kier molecular flexibility index (Phi) is 3.63. The first-order chi connectivity index (χ1) is 6.97. The van der Waals surface area contributed by atoms with Gasteiger partial charge < -0.3 is 9.67 Å². The topological polar surface area (TPSA) is 55.1 Å². The van der Waals surface area contributed by atoms with Gasteiger partial charge in [0.05, 0.1) is 0 Å². The highest BCUT2D eigenvalue weighted by Gasteiger charge is 2.27. The predicted octanol–water partition coefficient (Wildman–Crippen LogP) is 1.08. The Bertz CT molecular complexity index is 342. The van der Waals surface area contributed by atoms with E-state index in [1.165, 1.54) is 0 Å². The van der Waals surface area contributed by atoms with Gasteiger partial charge in [-0.3, -0.25) is 4.79 Å². The maximum Gasteiger partial charge on any atom is 0.164 e. The fourth-order valence-corrected chi connectivity index (χ4v) is 1.33. The lowest BCUT2D eigenvalue weighted by Gasteiger charge is -2.19. The van der Waals surface area contributed by atoms with Gasteiger partial charge in [-0.05, 0) is 13.3 Å². The van der Waals surface area contributed by atoms with Crippen LogP contribution < -0.4 is 0 Å². The number of aromatic nitrogens is 2. The Balaban J connectivity index is 2.52. The third-order valence-corrected chi connectivity index (χ3v) is 2.79. The summed E-state index contributed by atoms with van der Waals surface area (Å²) in [5.74, 6) is 0.753. The van der Waals surface area contributed by atoms with Gasteiger partial charge in [0.1, 0.15) is 11.4 Å². The Labute approximate surface area is 89.9 Å². The fourth-order valence-electron chi connectivity index (χ4n) is 1.33. The van der Waals surface area contributed by atoms with E-state index in [9.17, 15) is 9.90 Å². The summed E-state index contributed by atoms with van der Waals surface area (Å²) in [4.78, 5) is 15.7. The number of carbonyl (C=O) groups excluding carboxylic acids is 1. The van der Waals surface area contributed by atoms with Gasteiger partial charge in [0.25, 0.3) is 0 Å². The first-order valence-corrected chi connectivity index (χ1v) is 5.19. The zero-order chi connectivity index (χ0) is 11.5. The maximum atomic E-state index is 11.6. The molecule has 0 aliphatic heterocycles. The lowest BCUT2D eigenvalue weighted by atomic mass is 9.94. The molecule has 1 unspecified atom stereocenters. The quantitative estimate of drug-likeness (QED) is 0.791. The van der Waals surface area contributed by atoms with Crippen LogP contribution in [0.3, 0.4) is 0 Å². The number of aryl methyl sites for hydroxylation is 2. The Hall–Kier alpha value is -1.16. The van der Waals surface area contributed by atoms with Crippen LogP contribution in [0.4, 0.5) is 0 Å². The Morgan fingerprint density at radius 1 is 1.67 bits per heavy atom. The molecule has 1 aromatic rings. The van der Waals surface area contributed by atoms with Crippen LogP contribution in [0.25, 0.3) is 0 Å². The second kappa shape index (κ2) is 4.57. The average molecular weight is 210 g/mol. The molecule has 0 radical (unpaired) electrons. The standard InChI is InChI=1S/C11H18N2O2/c1-4-11(2,15)9(14)5-6-10-12-7-8-13(10)3/h7-8,15H,4-6H2,1-3H3. The second-order valence-corrected chi connectivity index (χ2v) is 4.00. The molecule has 1 heterocycles. The minimum atomic E-state index is -1.19. The summed E-state index contributed by atoms with van der Waals surface area (Å²) in [6.07, 6.45) is 4.92. The highest BCUT2D eigenvalue weighted by Crippen LogP contribution is 2.13. The number of carbonyl (C=O) groups is 1. The van der Waals surface area contributed by atoms with E-state index >= 15 is 0 Å². The number of nitrogens with zero attached hydrogens (tertiary/aromatic N) is 2. The number of hydrogen-bond donors (Lipinski definition) is 1. The van der Waals surface area contributed by atoms with Crippen LogP contribution in [0, 0.1) is 0 Å². The molecule has 0 bridgehead atoms. The minimum absolute atomic E-state index is 0.118. The minimum Gasteiger partial charge on any atom is -0.382 e. The number of imidazole rings is 1. The molecule has 0 aromatic carbocycles. The van der Waals surface area contributed by atoms with Crippen molar-refractivity contribution >= 4 is 5.78 Å². The van der Waals surface area contributed by atoms with Gasteiger partial charge in [0, 0.05) is 32.3 Å². The zero-order valence-corrected chi connectivity index (χ0v) is 9.53. The molecule has 1 atom stereocenters. The number of Topliss-reactive ketones (excluding diaryl/α,β-unsaturated/α-hetero) is 1. The van der Waals surface area contributed by atoms with Crippen LogP contribution in [0.1, 0.15) is 32.5 Å². The number of ketones is 1. The summed E-state index contributed by atoms with van der Waals surface area (Å²) in [6.45, 7) is 3.37. The SMILES string of the molecule is CCC(C)(O)C(=O)CCc1nccn1C. The van der Waals surface area contributed by atoms with Crippen molar-refractivity contribution in [3.8, 4) is 0 Å². The smallest absolute Gasteiger partial charge is 0.164 e. The van der Waals surface area contributed by atoms with Gasteiger partial charge in [-0.25, -0.2) is 4.98 Å². The third kappa shape index (κ3) is 2.89. The van der Waals surface area contributed by atoms with Crippen molar-refractivity contribution in [2.75, 3.05) is 0 Å². The number of hydrogen-bond acceptors (Lipinski definition) is 3. The Morgan fingerprint density at radius 3 is 2.80 bits per heavy atom.